The number of oxime groups is 1. The van der Waals surface area contributed by atoms with Crippen molar-refractivity contribution in [2.24, 2.45) is 5.16 Å². The fourth-order valence-electron chi connectivity index (χ4n) is 1.46. The molecule has 1 aromatic carbocycles. The minimum absolute atomic E-state index is 0.236. The van der Waals surface area contributed by atoms with Crippen LogP contribution in [-0.2, 0) is 0 Å². The number of benzene rings is 1. The van der Waals surface area contributed by atoms with Crippen molar-refractivity contribution in [3.8, 4) is 5.75 Å². The average molecular weight is 237 g/mol. The van der Waals surface area contributed by atoms with Crippen molar-refractivity contribution in [2.75, 3.05) is 6.61 Å². The van der Waals surface area contributed by atoms with Crippen LogP contribution < -0.4 is 4.74 Å². The Balaban J connectivity index is 2.87. The summed E-state index contributed by atoms with van der Waals surface area (Å²) in [5, 5.41) is 21.9. The third-order valence-corrected chi connectivity index (χ3v) is 2.28. The highest BCUT2D eigenvalue weighted by Gasteiger charge is 2.23. The summed E-state index contributed by atoms with van der Waals surface area (Å²) in [5.74, 6) is 0.767. The Bertz CT molecular complexity index is 377. The van der Waals surface area contributed by atoms with Crippen LogP contribution in [0.15, 0.2) is 29.4 Å². The van der Waals surface area contributed by atoms with Crippen molar-refractivity contribution in [3.05, 3.63) is 29.8 Å². The van der Waals surface area contributed by atoms with Crippen LogP contribution in [0.4, 0.5) is 0 Å². The molecule has 0 heterocycles. The van der Waals surface area contributed by atoms with Crippen LogP contribution in [0.2, 0.25) is 0 Å². The molecule has 4 heteroatoms. The van der Waals surface area contributed by atoms with E-state index in [1.165, 1.54) is 0 Å². The fourth-order valence-corrected chi connectivity index (χ4v) is 1.46. The smallest absolute Gasteiger partial charge is 0.119 e. The van der Waals surface area contributed by atoms with Crippen LogP contribution in [0.5, 0.6) is 5.75 Å². The van der Waals surface area contributed by atoms with E-state index in [1.54, 1.807) is 38.1 Å². The molecule has 0 radical (unpaired) electrons. The first-order valence-corrected chi connectivity index (χ1v) is 5.67. The van der Waals surface area contributed by atoms with E-state index in [0.717, 1.165) is 12.2 Å². The Morgan fingerprint density at radius 1 is 1.29 bits per heavy atom. The zero-order chi connectivity index (χ0) is 12.9. The van der Waals surface area contributed by atoms with Gasteiger partial charge in [-0.15, -0.1) is 0 Å². The van der Waals surface area contributed by atoms with Gasteiger partial charge in [0.15, 0.2) is 0 Å². The van der Waals surface area contributed by atoms with Crippen LogP contribution >= 0.6 is 0 Å². The molecule has 1 aromatic rings. The largest absolute Gasteiger partial charge is 0.494 e. The van der Waals surface area contributed by atoms with Crippen molar-refractivity contribution < 1.29 is 15.1 Å². The van der Waals surface area contributed by atoms with Gasteiger partial charge in [0.25, 0.3) is 0 Å². The number of hydrogen-bond acceptors (Lipinski definition) is 4. The lowest BCUT2D eigenvalue weighted by atomic mass is 9.96. The number of hydrogen-bond donors (Lipinski definition) is 2. The van der Waals surface area contributed by atoms with E-state index in [4.69, 9.17) is 9.94 Å². The maximum atomic E-state index is 9.82. The molecule has 0 aliphatic heterocycles. The average Bonchev–Trinajstić information content (AvgIpc) is 2.27. The molecular weight excluding hydrogens is 218 g/mol. The second-order valence-electron chi connectivity index (χ2n) is 4.38. The molecule has 94 valence electrons. The lowest BCUT2D eigenvalue weighted by molar-refractivity contribution is 0.148. The van der Waals surface area contributed by atoms with Gasteiger partial charge in [-0.3, -0.25) is 0 Å². The molecule has 0 atom stereocenters. The second kappa shape index (κ2) is 5.68. The maximum Gasteiger partial charge on any atom is 0.119 e. The summed E-state index contributed by atoms with van der Waals surface area (Å²) in [6.07, 6.45) is 0.953. The summed E-state index contributed by atoms with van der Waals surface area (Å²) in [4.78, 5) is 0. The summed E-state index contributed by atoms with van der Waals surface area (Å²) in [7, 11) is 0. The lowest BCUT2D eigenvalue weighted by Gasteiger charge is -2.18. The predicted molar refractivity (Wildman–Crippen MR) is 66.8 cm³/mol. The molecule has 0 spiro atoms. The van der Waals surface area contributed by atoms with Gasteiger partial charge in [0.2, 0.25) is 0 Å². The van der Waals surface area contributed by atoms with Gasteiger partial charge in [-0.05, 0) is 44.5 Å². The highest BCUT2D eigenvalue weighted by Crippen LogP contribution is 2.18. The van der Waals surface area contributed by atoms with Crippen molar-refractivity contribution >= 4 is 5.71 Å². The Morgan fingerprint density at radius 2 is 1.88 bits per heavy atom. The van der Waals surface area contributed by atoms with Crippen LogP contribution in [0, 0.1) is 0 Å². The molecule has 4 nitrogen and oxygen atoms in total. The van der Waals surface area contributed by atoms with E-state index >= 15 is 0 Å². The minimum atomic E-state index is -1.18. The van der Waals surface area contributed by atoms with E-state index in [1.807, 2.05) is 6.92 Å². The molecule has 0 bridgehead atoms. The maximum absolute atomic E-state index is 9.82. The molecule has 0 aliphatic rings. The minimum Gasteiger partial charge on any atom is -0.494 e. The molecule has 1 rings (SSSR count). The number of aliphatic hydroxyl groups is 1. The van der Waals surface area contributed by atoms with Gasteiger partial charge in [0, 0.05) is 5.56 Å². The monoisotopic (exact) mass is 237 g/mol. The van der Waals surface area contributed by atoms with Gasteiger partial charge in [-0.2, -0.15) is 0 Å². The predicted octanol–water partition coefficient (Wildman–Crippen LogP) is 2.42. The highest BCUT2D eigenvalue weighted by atomic mass is 16.5. The van der Waals surface area contributed by atoms with Gasteiger partial charge < -0.3 is 15.1 Å². The summed E-state index contributed by atoms with van der Waals surface area (Å²) in [6.45, 7) is 5.86. The highest BCUT2D eigenvalue weighted by molar-refractivity contribution is 6.05. The lowest BCUT2D eigenvalue weighted by Crippen LogP contribution is -2.32. The van der Waals surface area contributed by atoms with Gasteiger partial charge in [-0.1, -0.05) is 12.1 Å². The first-order valence-electron chi connectivity index (χ1n) is 5.67. The third-order valence-electron chi connectivity index (χ3n) is 2.28. The first-order chi connectivity index (χ1) is 7.99. The van der Waals surface area contributed by atoms with Crippen LogP contribution in [0.3, 0.4) is 0 Å². The third kappa shape index (κ3) is 3.75. The quantitative estimate of drug-likeness (QED) is 0.469. The zero-order valence-electron chi connectivity index (χ0n) is 10.5. The number of rotatable bonds is 5. The molecule has 2 N–H and O–H groups in total. The normalized spacial score (nSPS) is 12.6. The zero-order valence-corrected chi connectivity index (χ0v) is 10.5. The first kappa shape index (κ1) is 13.5. The molecular formula is C13H19NO3. The topological polar surface area (TPSA) is 62.0 Å². The van der Waals surface area contributed by atoms with Gasteiger partial charge in [0.1, 0.15) is 17.1 Å². The van der Waals surface area contributed by atoms with Gasteiger partial charge in [0.05, 0.1) is 6.61 Å². The van der Waals surface area contributed by atoms with E-state index < -0.39 is 5.60 Å². The van der Waals surface area contributed by atoms with E-state index in [9.17, 15) is 5.11 Å². The molecule has 0 fully saturated rings. The Morgan fingerprint density at radius 3 is 2.29 bits per heavy atom. The van der Waals surface area contributed by atoms with Gasteiger partial charge in [-0.25, -0.2) is 0 Å². The molecule has 0 aliphatic carbocycles. The molecule has 0 saturated carbocycles. The van der Waals surface area contributed by atoms with Crippen molar-refractivity contribution in [1.82, 2.24) is 0 Å². The summed E-state index contributed by atoms with van der Waals surface area (Å²) < 4.78 is 5.44. The van der Waals surface area contributed by atoms with Crippen LogP contribution in [0.25, 0.3) is 0 Å². The fraction of sp³-hybridized carbons (Fsp3) is 0.462. The van der Waals surface area contributed by atoms with Crippen molar-refractivity contribution in [2.45, 2.75) is 32.8 Å². The summed E-state index contributed by atoms with van der Waals surface area (Å²) in [6, 6.07) is 7.11. The molecule has 17 heavy (non-hydrogen) atoms. The molecule has 0 unspecified atom stereocenters. The van der Waals surface area contributed by atoms with Gasteiger partial charge >= 0.3 is 0 Å². The van der Waals surface area contributed by atoms with Crippen molar-refractivity contribution in [1.29, 1.82) is 0 Å². The standard InChI is InChI=1S/C13H19NO3/c1-4-9-17-11-7-5-10(6-8-11)12(14-16)13(2,3)15/h5-8,15-16H,4,9H2,1-3H3/b14-12+. The van der Waals surface area contributed by atoms with E-state index in [-0.39, 0.29) is 5.71 Å². The van der Waals surface area contributed by atoms with Crippen LogP contribution in [-0.4, -0.2) is 28.2 Å². The second-order valence-corrected chi connectivity index (χ2v) is 4.38. The number of nitrogens with zero attached hydrogens (tertiary/aromatic N) is 1. The Labute approximate surface area is 102 Å². The molecule has 0 amide bonds. The van der Waals surface area contributed by atoms with Crippen LogP contribution in [0.1, 0.15) is 32.8 Å². The summed E-state index contributed by atoms with van der Waals surface area (Å²) in [5.41, 5.74) is -0.274. The van der Waals surface area contributed by atoms with E-state index in [0.29, 0.717) is 12.2 Å². The number of ether oxygens (including phenoxy) is 1. The summed E-state index contributed by atoms with van der Waals surface area (Å²) >= 11 is 0. The Kier molecular flexibility index (Phi) is 4.52. The van der Waals surface area contributed by atoms with E-state index in [2.05, 4.69) is 5.16 Å². The Hall–Kier alpha value is -1.55. The molecule has 0 saturated heterocycles. The SMILES string of the molecule is CCCOc1ccc(/C(=N\O)C(C)(C)O)cc1. The molecule has 0 aromatic heterocycles. The van der Waals surface area contributed by atoms with Crippen molar-refractivity contribution in [3.63, 3.8) is 0 Å².